The number of ketones is 1. The Morgan fingerprint density at radius 2 is 2.07 bits per heavy atom. The van der Waals surface area contributed by atoms with Crippen molar-refractivity contribution in [2.24, 2.45) is 33.6 Å². The molecule has 2 N–H and O–H groups in total. The Hall–Kier alpha value is -3.14. The molecule has 3 heterocycles. The highest BCUT2D eigenvalue weighted by Gasteiger charge is 2.68. The second kappa shape index (κ2) is 9.68. The number of fused-ring (bicyclic) bond motifs is 7. The van der Waals surface area contributed by atoms with E-state index in [0.29, 0.717) is 18.1 Å². The van der Waals surface area contributed by atoms with Gasteiger partial charge in [-0.05, 0) is 103 Å². The van der Waals surface area contributed by atoms with E-state index in [1.807, 2.05) is 35.9 Å². The zero-order valence-corrected chi connectivity index (χ0v) is 25.3. The summed E-state index contributed by atoms with van der Waals surface area (Å²) < 4.78 is 13.0. The van der Waals surface area contributed by atoms with E-state index in [2.05, 4.69) is 36.3 Å². The molecule has 6 aliphatic rings. The topological polar surface area (TPSA) is 106 Å². The van der Waals surface area contributed by atoms with Crippen LogP contribution in [0.15, 0.2) is 70.6 Å². The van der Waals surface area contributed by atoms with E-state index in [4.69, 9.17) is 14.6 Å². The number of aliphatic hydroxyl groups excluding tert-OH is 1. The van der Waals surface area contributed by atoms with Gasteiger partial charge in [-0.15, -0.1) is 0 Å². The van der Waals surface area contributed by atoms with Crippen LogP contribution >= 0.6 is 11.8 Å². The molecule has 8 rings (SSSR count). The number of benzene rings is 1. The first-order valence-electron chi connectivity index (χ1n) is 15.4. The minimum absolute atomic E-state index is 0.0589. The zero-order chi connectivity index (χ0) is 29.6. The smallest absolute Gasteiger partial charge is 0.252 e. The van der Waals surface area contributed by atoms with Crippen molar-refractivity contribution in [2.75, 3.05) is 6.61 Å². The molecule has 8 nitrogen and oxygen atoms in total. The lowest BCUT2D eigenvalue weighted by molar-refractivity contribution is -0.180. The van der Waals surface area contributed by atoms with E-state index in [9.17, 15) is 15.0 Å². The van der Waals surface area contributed by atoms with Crippen LogP contribution in [0.3, 0.4) is 0 Å². The van der Waals surface area contributed by atoms with E-state index in [1.165, 1.54) is 22.9 Å². The highest BCUT2D eigenvalue weighted by atomic mass is 32.2. The molecule has 2 aromatic rings. The maximum absolute atomic E-state index is 13.7. The summed E-state index contributed by atoms with van der Waals surface area (Å²) in [6, 6.07) is 10.0. The summed E-state index contributed by atoms with van der Waals surface area (Å²) in [6.45, 7) is 4.11. The van der Waals surface area contributed by atoms with E-state index < -0.39 is 17.1 Å². The van der Waals surface area contributed by atoms with Gasteiger partial charge in [0, 0.05) is 11.6 Å². The quantitative estimate of drug-likeness (QED) is 0.498. The summed E-state index contributed by atoms with van der Waals surface area (Å²) in [4.78, 5) is 19.2. The zero-order valence-electron chi connectivity index (χ0n) is 24.5. The molecule has 224 valence electrons. The van der Waals surface area contributed by atoms with Gasteiger partial charge < -0.3 is 19.7 Å². The van der Waals surface area contributed by atoms with Crippen molar-refractivity contribution < 1.29 is 24.5 Å². The van der Waals surface area contributed by atoms with Gasteiger partial charge in [0.2, 0.25) is 5.78 Å². The third kappa shape index (κ3) is 4.00. The summed E-state index contributed by atoms with van der Waals surface area (Å²) in [5, 5.41) is 29.4. The molecular weight excluding hydrogens is 562 g/mol. The van der Waals surface area contributed by atoms with Crippen molar-refractivity contribution >= 4 is 28.9 Å². The second-order valence-electron chi connectivity index (χ2n) is 13.6. The first-order chi connectivity index (χ1) is 20.7. The van der Waals surface area contributed by atoms with Crippen molar-refractivity contribution in [3.8, 4) is 5.69 Å². The first-order valence-corrected chi connectivity index (χ1v) is 16.2. The Morgan fingerprint density at radius 3 is 2.88 bits per heavy atom. The standard InChI is InChI=1S/C34H37N3O5S/c1-32-15-20-17-37(22-6-4-3-5-7-22)36-26(20)14-21(32)8-9-23-24-10-12-34(40,33(24,2)16-27(38)30(23)32)29(39)19-42-31-35-25-11-13-41-18-28(25)43-31/h3-7,11,13-14,17-18,23-25,27,30,38,40H,8-10,12,15-16,19H2,1-2H3/t23?,24?,25?,27-,30?,32?,33?,34-/m0/s1. The Morgan fingerprint density at radius 1 is 1.23 bits per heavy atom. The summed E-state index contributed by atoms with van der Waals surface area (Å²) in [5.74, 6) is 0.111. The van der Waals surface area contributed by atoms with Crippen molar-refractivity contribution in [1.82, 2.24) is 9.78 Å². The van der Waals surface area contributed by atoms with Crippen LogP contribution in [-0.4, -0.2) is 55.4 Å². The highest BCUT2D eigenvalue weighted by Crippen LogP contribution is 2.67. The number of carbonyl (C=O) groups is 1. The number of thioether (sulfide) groups is 1. The minimum atomic E-state index is -1.55. The van der Waals surface area contributed by atoms with Crippen LogP contribution in [0, 0.1) is 28.6 Å². The van der Waals surface area contributed by atoms with E-state index in [0.717, 1.165) is 42.0 Å². The van der Waals surface area contributed by atoms with Gasteiger partial charge in [0.25, 0.3) is 5.23 Å². The predicted octanol–water partition coefficient (Wildman–Crippen LogP) is 5.20. The third-order valence-electron chi connectivity index (χ3n) is 11.6. The van der Waals surface area contributed by atoms with Gasteiger partial charge >= 0.3 is 0 Å². The summed E-state index contributed by atoms with van der Waals surface area (Å²) in [6.07, 6.45) is 13.1. The molecule has 1 aromatic heterocycles. The maximum Gasteiger partial charge on any atom is 0.252 e. The molecule has 6 unspecified atom stereocenters. The van der Waals surface area contributed by atoms with Crippen LogP contribution in [-0.2, 0) is 20.7 Å². The number of hydrogen-bond acceptors (Lipinski definition) is 8. The maximum atomic E-state index is 13.7. The largest absolute Gasteiger partial charge is 0.472 e. The molecule has 0 radical (unpaired) electrons. The van der Waals surface area contributed by atoms with Crippen molar-refractivity contribution in [3.05, 3.63) is 76.9 Å². The molecule has 0 bridgehead atoms. The number of nitrogens with zero attached hydrogens (tertiary/aromatic N) is 3. The van der Waals surface area contributed by atoms with E-state index >= 15 is 0 Å². The van der Waals surface area contributed by atoms with Crippen LogP contribution in [0.2, 0.25) is 0 Å². The Kier molecular flexibility index (Phi) is 6.17. The lowest BCUT2D eigenvalue weighted by Crippen LogP contribution is -2.62. The normalized spacial score (nSPS) is 38.8. The van der Waals surface area contributed by atoms with Gasteiger partial charge in [0.05, 0.1) is 28.7 Å². The Bertz CT molecular complexity index is 1610. The summed E-state index contributed by atoms with van der Waals surface area (Å²) in [5.41, 5.74) is 2.17. The summed E-state index contributed by atoms with van der Waals surface area (Å²) >= 11 is 1.35. The lowest BCUT2D eigenvalue weighted by atomic mass is 9.45. The average Bonchev–Trinajstić information content (AvgIpc) is 3.68. The van der Waals surface area contributed by atoms with Crippen LogP contribution < -0.4 is 0 Å². The highest BCUT2D eigenvalue weighted by molar-refractivity contribution is 8.17. The number of carbonyl (C=O) groups excluding carboxylic acids is 1. The molecule has 3 saturated carbocycles. The fourth-order valence-corrected chi connectivity index (χ4v) is 10.3. The molecular formula is C34H37N3O5S. The molecule has 1 aromatic carbocycles. The van der Waals surface area contributed by atoms with Gasteiger partial charge in [-0.25, -0.2) is 9.67 Å². The molecule has 9 heteroatoms. The minimum Gasteiger partial charge on any atom is -0.472 e. The number of aromatic nitrogens is 2. The van der Waals surface area contributed by atoms with Gasteiger partial charge in [0.1, 0.15) is 17.9 Å². The van der Waals surface area contributed by atoms with Crippen LogP contribution in [0.25, 0.3) is 11.8 Å². The third-order valence-corrected chi connectivity index (χ3v) is 12.6. The fraction of sp³-hybridized carbons (Fsp3) is 0.500. The van der Waals surface area contributed by atoms with Gasteiger partial charge in [-0.3, -0.25) is 4.79 Å². The molecule has 0 spiro atoms. The summed E-state index contributed by atoms with van der Waals surface area (Å²) in [7, 11) is 0. The first kappa shape index (κ1) is 27.4. The second-order valence-corrected chi connectivity index (χ2v) is 14.7. The molecule has 0 saturated heterocycles. The average molecular weight is 600 g/mol. The predicted molar refractivity (Wildman–Crippen MR) is 164 cm³/mol. The number of ether oxygens (including phenoxy) is 2. The molecule has 3 fully saturated rings. The molecule has 8 atom stereocenters. The van der Waals surface area contributed by atoms with Crippen LogP contribution in [0.4, 0.5) is 0 Å². The van der Waals surface area contributed by atoms with Gasteiger partial charge in [-0.1, -0.05) is 37.6 Å². The van der Waals surface area contributed by atoms with Crippen molar-refractivity contribution in [2.45, 2.75) is 70.1 Å². The lowest BCUT2D eigenvalue weighted by Gasteiger charge is -2.60. The number of aliphatic imine (C=N–C) groups is 1. The molecule has 0 amide bonds. The number of allylic oxidation sites excluding steroid dienone is 1. The monoisotopic (exact) mass is 599 g/mol. The SMILES string of the molecule is CC12Cc3cn(-c4ccccc4)nc3C=C1CCC1C2[C@@H](O)CC2(C)C1CC[C@]2(O)C(=O)COC1=NC2C=COC=C2S1. The van der Waals surface area contributed by atoms with Crippen molar-refractivity contribution in [3.63, 3.8) is 0 Å². The number of rotatable bonds is 4. The van der Waals surface area contributed by atoms with Gasteiger partial charge in [-0.2, -0.15) is 5.10 Å². The van der Waals surface area contributed by atoms with E-state index in [-0.39, 0.29) is 41.6 Å². The Labute approximate surface area is 255 Å². The molecule has 43 heavy (non-hydrogen) atoms. The number of para-hydroxylation sites is 1. The molecule has 4 aliphatic carbocycles. The number of hydrogen-bond donors (Lipinski definition) is 2. The fourth-order valence-electron chi connectivity index (χ4n) is 9.50. The molecule has 2 aliphatic heterocycles. The van der Waals surface area contributed by atoms with Gasteiger partial charge in [0.15, 0.2) is 6.61 Å². The Balaban J connectivity index is 1.03. The van der Waals surface area contributed by atoms with Crippen molar-refractivity contribution in [1.29, 1.82) is 0 Å². The number of Topliss-reactive ketones (excluding diaryl/α,β-unsaturated/α-hetero) is 1. The van der Waals surface area contributed by atoms with Crippen LogP contribution in [0.1, 0.15) is 57.2 Å². The van der Waals surface area contributed by atoms with Crippen LogP contribution in [0.5, 0.6) is 0 Å². The number of aliphatic hydroxyl groups is 2. The van der Waals surface area contributed by atoms with E-state index in [1.54, 1.807) is 12.5 Å².